The van der Waals surface area contributed by atoms with Crippen LogP contribution in [0.5, 0.6) is 0 Å². The Morgan fingerprint density at radius 3 is 2.41 bits per heavy atom. The zero-order valence-corrected chi connectivity index (χ0v) is 19.1. The van der Waals surface area contributed by atoms with Crippen molar-refractivity contribution < 1.29 is 24.2 Å². The molecular weight excluding hydrogens is 434 g/mol. The van der Waals surface area contributed by atoms with Crippen LogP contribution in [0.2, 0.25) is 0 Å². The van der Waals surface area contributed by atoms with Crippen LogP contribution in [0.15, 0.2) is 60.7 Å². The average molecular weight is 464 g/mol. The van der Waals surface area contributed by atoms with E-state index in [4.69, 9.17) is 4.74 Å². The minimum absolute atomic E-state index is 0.00755. The molecule has 8 nitrogen and oxygen atoms in total. The number of amides is 3. The quantitative estimate of drug-likeness (QED) is 0.579. The van der Waals surface area contributed by atoms with Gasteiger partial charge in [-0.3, -0.25) is 14.4 Å². The second kappa shape index (κ2) is 8.52. The van der Waals surface area contributed by atoms with Crippen LogP contribution >= 0.6 is 0 Å². The Labute approximate surface area is 198 Å². The van der Waals surface area contributed by atoms with Crippen LogP contribution in [-0.4, -0.2) is 58.1 Å². The molecule has 34 heavy (non-hydrogen) atoms. The summed E-state index contributed by atoms with van der Waals surface area (Å²) in [5.41, 5.74) is -0.363. The molecule has 2 aromatic carbocycles. The molecule has 2 bridgehead atoms. The summed E-state index contributed by atoms with van der Waals surface area (Å²) >= 11 is 0. The van der Waals surface area contributed by atoms with Crippen LogP contribution in [0.4, 0.5) is 5.69 Å². The zero-order chi connectivity index (χ0) is 23.9. The van der Waals surface area contributed by atoms with Gasteiger partial charge in [-0.15, -0.1) is 0 Å². The summed E-state index contributed by atoms with van der Waals surface area (Å²) in [7, 11) is 0. The van der Waals surface area contributed by atoms with Crippen molar-refractivity contribution in [3.8, 4) is 0 Å². The number of nitrogens with one attached hydrogen (secondary N) is 2. The van der Waals surface area contributed by atoms with Crippen molar-refractivity contribution in [2.45, 2.75) is 43.6 Å². The highest BCUT2D eigenvalue weighted by molar-refractivity contribution is 6.02. The van der Waals surface area contributed by atoms with Crippen molar-refractivity contribution in [2.75, 3.05) is 18.5 Å². The van der Waals surface area contributed by atoms with Crippen molar-refractivity contribution in [2.24, 2.45) is 11.8 Å². The number of hydrogen-bond acceptors (Lipinski definition) is 5. The number of β-amino-alcohol motifs (C(OH)–C–C–N with tert-alkyl or cyclic N) is 1. The van der Waals surface area contributed by atoms with Gasteiger partial charge < -0.3 is 25.4 Å². The fraction of sp³-hybridized carbons (Fsp3) is 0.423. The lowest BCUT2D eigenvalue weighted by molar-refractivity contribution is -0.145. The number of nitrogens with zero attached hydrogens (tertiary/aromatic N) is 1. The number of rotatable bonds is 7. The molecule has 178 valence electrons. The Morgan fingerprint density at radius 2 is 1.74 bits per heavy atom. The van der Waals surface area contributed by atoms with Crippen molar-refractivity contribution in [3.05, 3.63) is 66.2 Å². The summed E-state index contributed by atoms with van der Waals surface area (Å²) in [5, 5.41) is 15.5. The second-order valence-corrected chi connectivity index (χ2v) is 9.54. The molecule has 0 aromatic heterocycles. The number of aliphatic hydroxyl groups excluding tert-OH is 1. The topological polar surface area (TPSA) is 108 Å². The van der Waals surface area contributed by atoms with Crippen molar-refractivity contribution >= 4 is 23.4 Å². The molecule has 1 spiro atoms. The molecule has 3 aliphatic heterocycles. The second-order valence-electron chi connectivity index (χ2n) is 9.54. The van der Waals surface area contributed by atoms with Crippen LogP contribution in [0.25, 0.3) is 0 Å². The van der Waals surface area contributed by atoms with E-state index >= 15 is 0 Å². The lowest BCUT2D eigenvalue weighted by Gasteiger charge is -2.33. The lowest BCUT2D eigenvalue weighted by Crippen LogP contribution is -2.55. The summed E-state index contributed by atoms with van der Waals surface area (Å²) in [6.07, 6.45) is 1.07. The van der Waals surface area contributed by atoms with E-state index in [1.54, 1.807) is 12.1 Å². The first-order chi connectivity index (χ1) is 16.4. The van der Waals surface area contributed by atoms with Gasteiger partial charge in [0, 0.05) is 18.8 Å². The molecule has 3 saturated heterocycles. The number of benzene rings is 2. The van der Waals surface area contributed by atoms with Gasteiger partial charge in [0.2, 0.25) is 17.7 Å². The fourth-order valence-electron chi connectivity index (χ4n) is 6.10. The molecule has 3 N–H and O–H groups in total. The van der Waals surface area contributed by atoms with Crippen LogP contribution in [0.1, 0.15) is 25.3 Å². The highest BCUT2D eigenvalue weighted by Crippen LogP contribution is 2.63. The molecule has 3 heterocycles. The first-order valence-corrected chi connectivity index (χ1v) is 11.7. The van der Waals surface area contributed by atoms with Crippen molar-refractivity contribution in [1.29, 1.82) is 0 Å². The molecule has 0 radical (unpaired) electrons. The first kappa shape index (κ1) is 22.6. The number of fused-ring (bicyclic) bond motifs is 1. The highest BCUT2D eigenvalue weighted by atomic mass is 16.5. The van der Waals surface area contributed by atoms with E-state index in [9.17, 15) is 19.5 Å². The van der Waals surface area contributed by atoms with E-state index in [-0.39, 0.29) is 30.9 Å². The van der Waals surface area contributed by atoms with Crippen LogP contribution in [0.3, 0.4) is 0 Å². The van der Waals surface area contributed by atoms with Crippen LogP contribution < -0.4 is 10.6 Å². The van der Waals surface area contributed by atoms with Gasteiger partial charge in [-0.25, -0.2) is 0 Å². The predicted octanol–water partition coefficient (Wildman–Crippen LogP) is 1.70. The molecule has 3 aliphatic rings. The minimum Gasteiger partial charge on any atom is -0.395 e. The van der Waals surface area contributed by atoms with E-state index in [2.05, 4.69) is 10.6 Å². The number of anilines is 1. The van der Waals surface area contributed by atoms with E-state index in [1.165, 1.54) is 4.90 Å². The maximum atomic E-state index is 13.6. The van der Waals surface area contributed by atoms with E-state index in [0.717, 1.165) is 5.56 Å². The standard InChI is InChI=1S/C26H29N3O5/c1-25-12-13-26(34-25)20(19(25)22(31)28-18-10-6-3-7-11-18)24(33)29(14-15-30)21(26)23(32)27-16-17-8-4-2-5-9-17/h2-11,19-21,30H,12-16H2,1H3,(H,27,32)(H,28,31)/t19-,20+,21?,25+,26?/m1/s1. The molecule has 8 heteroatoms. The summed E-state index contributed by atoms with van der Waals surface area (Å²) in [6, 6.07) is 17.7. The molecule has 2 unspecified atom stereocenters. The van der Waals surface area contributed by atoms with Crippen molar-refractivity contribution in [3.63, 3.8) is 0 Å². The number of carbonyl (C=O) groups is 3. The van der Waals surface area contributed by atoms with Crippen molar-refractivity contribution in [1.82, 2.24) is 10.2 Å². The highest BCUT2D eigenvalue weighted by Gasteiger charge is 2.77. The Bertz CT molecular complexity index is 1090. The third-order valence-electron chi connectivity index (χ3n) is 7.50. The molecular formula is C26H29N3O5. The molecule has 5 rings (SSSR count). The number of para-hydroxylation sites is 1. The van der Waals surface area contributed by atoms with Gasteiger partial charge >= 0.3 is 0 Å². The zero-order valence-electron chi connectivity index (χ0n) is 19.1. The fourth-order valence-corrected chi connectivity index (χ4v) is 6.10. The van der Waals surface area contributed by atoms with Crippen LogP contribution in [-0.2, 0) is 25.7 Å². The maximum absolute atomic E-state index is 13.6. The minimum atomic E-state index is -1.10. The Hall–Kier alpha value is -3.23. The average Bonchev–Trinajstić information content (AvgIpc) is 3.40. The molecule has 2 aromatic rings. The number of likely N-dealkylation sites (tertiary alicyclic amines) is 1. The van der Waals surface area contributed by atoms with Gasteiger partial charge in [0.05, 0.1) is 24.0 Å². The monoisotopic (exact) mass is 463 g/mol. The summed E-state index contributed by atoms with van der Waals surface area (Å²) in [5.74, 6) is -2.45. The Kier molecular flexibility index (Phi) is 5.65. The predicted molar refractivity (Wildman–Crippen MR) is 124 cm³/mol. The Balaban J connectivity index is 1.44. The van der Waals surface area contributed by atoms with Gasteiger partial charge in [0.25, 0.3) is 0 Å². The van der Waals surface area contributed by atoms with Gasteiger partial charge in [-0.1, -0.05) is 48.5 Å². The van der Waals surface area contributed by atoms with E-state index < -0.39 is 29.1 Å². The van der Waals surface area contributed by atoms with Gasteiger partial charge in [-0.05, 0) is 37.5 Å². The summed E-state index contributed by atoms with van der Waals surface area (Å²) < 4.78 is 6.51. The molecule has 3 fully saturated rings. The third-order valence-corrected chi connectivity index (χ3v) is 7.50. The van der Waals surface area contributed by atoms with Gasteiger partial charge in [0.15, 0.2) is 0 Å². The number of ether oxygens (including phenoxy) is 1. The summed E-state index contributed by atoms with van der Waals surface area (Å²) in [6.45, 7) is 1.90. The lowest BCUT2D eigenvalue weighted by atomic mass is 9.66. The van der Waals surface area contributed by atoms with Gasteiger partial charge in [-0.2, -0.15) is 0 Å². The number of hydrogen-bond donors (Lipinski definition) is 3. The first-order valence-electron chi connectivity index (χ1n) is 11.7. The number of aliphatic hydroxyl groups is 1. The molecule has 5 atom stereocenters. The summed E-state index contributed by atoms with van der Waals surface area (Å²) in [4.78, 5) is 42.0. The normalized spacial score (nSPS) is 31.4. The van der Waals surface area contributed by atoms with Gasteiger partial charge in [0.1, 0.15) is 11.6 Å². The molecule has 3 amide bonds. The smallest absolute Gasteiger partial charge is 0.246 e. The molecule has 0 aliphatic carbocycles. The Morgan fingerprint density at radius 1 is 1.06 bits per heavy atom. The molecule has 0 saturated carbocycles. The SMILES string of the molecule is C[C@@]12CCC3(O1)C(C(=O)NCc1ccccc1)N(CCO)C(=O)[C@@H]3[C@@H]2C(=O)Nc1ccccc1. The maximum Gasteiger partial charge on any atom is 0.246 e. The van der Waals surface area contributed by atoms with Crippen LogP contribution in [0, 0.1) is 11.8 Å². The van der Waals surface area contributed by atoms with E-state index in [0.29, 0.717) is 25.1 Å². The van der Waals surface area contributed by atoms with E-state index in [1.807, 2.05) is 55.5 Å². The third kappa shape index (κ3) is 3.49. The largest absolute Gasteiger partial charge is 0.395 e. The number of carbonyl (C=O) groups excluding carboxylic acids is 3.